The second-order valence-electron chi connectivity index (χ2n) is 4.38. The Bertz CT molecular complexity index is 342. The van der Waals surface area contributed by atoms with E-state index in [1.807, 2.05) is 0 Å². The predicted octanol–water partition coefficient (Wildman–Crippen LogP) is 1.21. The fourth-order valence-corrected chi connectivity index (χ4v) is 3.09. The van der Waals surface area contributed by atoms with Crippen molar-refractivity contribution in [1.82, 2.24) is 9.88 Å². The van der Waals surface area contributed by atoms with Crippen molar-refractivity contribution in [3.05, 3.63) is 11.1 Å². The minimum Gasteiger partial charge on any atom is -0.395 e. The zero-order valence-electron chi connectivity index (χ0n) is 10.4. The molecule has 4 nitrogen and oxygen atoms in total. The number of aliphatic hydroxyl groups is 1. The molecule has 1 fully saturated rings. The zero-order chi connectivity index (χ0) is 12.1. The molecule has 0 unspecified atom stereocenters. The number of rotatable bonds is 4. The normalized spacial score (nSPS) is 18.4. The monoisotopic (exact) mass is 255 g/mol. The van der Waals surface area contributed by atoms with Gasteiger partial charge in [-0.05, 0) is 19.4 Å². The zero-order valence-corrected chi connectivity index (χ0v) is 11.2. The Kier molecular flexibility index (Phi) is 4.76. The first-order valence-electron chi connectivity index (χ1n) is 6.36. The van der Waals surface area contributed by atoms with Crippen LogP contribution < -0.4 is 4.90 Å². The summed E-state index contributed by atoms with van der Waals surface area (Å²) in [6.07, 6.45) is 2.17. The molecule has 1 aliphatic heterocycles. The molecule has 0 atom stereocenters. The van der Waals surface area contributed by atoms with Gasteiger partial charge in [-0.3, -0.25) is 4.90 Å². The molecule has 0 bridgehead atoms. The van der Waals surface area contributed by atoms with Crippen LogP contribution in [0.15, 0.2) is 5.38 Å². The van der Waals surface area contributed by atoms with E-state index < -0.39 is 0 Å². The summed E-state index contributed by atoms with van der Waals surface area (Å²) in [5.41, 5.74) is 1.20. The van der Waals surface area contributed by atoms with Crippen LogP contribution in [0, 0.1) is 0 Å². The number of nitrogens with zero attached hydrogens (tertiary/aromatic N) is 3. The van der Waals surface area contributed by atoms with Crippen LogP contribution in [0.3, 0.4) is 0 Å². The topological polar surface area (TPSA) is 39.6 Å². The van der Waals surface area contributed by atoms with Crippen LogP contribution in [-0.2, 0) is 6.42 Å². The standard InChI is InChI=1S/C12H21N3OS/c1-2-11-10-17-12(13-11)15-5-3-4-14(6-7-15)8-9-16/h10,16H,2-9H2,1H3. The summed E-state index contributed by atoms with van der Waals surface area (Å²) in [6, 6.07) is 0. The maximum absolute atomic E-state index is 8.96. The molecule has 1 aliphatic rings. The quantitative estimate of drug-likeness (QED) is 0.878. The van der Waals surface area contributed by atoms with Crippen molar-refractivity contribution in [3.8, 4) is 0 Å². The van der Waals surface area contributed by atoms with Gasteiger partial charge in [-0.1, -0.05) is 6.92 Å². The molecule has 1 aromatic heterocycles. The first-order chi connectivity index (χ1) is 8.33. The number of thiazole rings is 1. The average molecular weight is 255 g/mol. The van der Waals surface area contributed by atoms with Crippen LogP contribution in [0.1, 0.15) is 19.0 Å². The van der Waals surface area contributed by atoms with Crippen molar-refractivity contribution in [3.63, 3.8) is 0 Å². The van der Waals surface area contributed by atoms with Crippen molar-refractivity contribution >= 4 is 16.5 Å². The van der Waals surface area contributed by atoms with Crippen LogP contribution in [-0.4, -0.2) is 54.3 Å². The summed E-state index contributed by atoms with van der Waals surface area (Å²) >= 11 is 1.75. The Balaban J connectivity index is 1.93. The van der Waals surface area contributed by atoms with E-state index in [1.54, 1.807) is 11.3 Å². The lowest BCUT2D eigenvalue weighted by Crippen LogP contribution is -2.32. The molecule has 2 heterocycles. The van der Waals surface area contributed by atoms with Gasteiger partial charge in [0, 0.05) is 31.6 Å². The highest BCUT2D eigenvalue weighted by atomic mass is 32.1. The molecule has 2 rings (SSSR count). The van der Waals surface area contributed by atoms with Crippen molar-refractivity contribution in [2.24, 2.45) is 0 Å². The lowest BCUT2D eigenvalue weighted by atomic mass is 10.4. The number of β-amino-alcohol motifs (C(OH)–C–C–N with tert-alkyl or cyclic N) is 1. The Hall–Kier alpha value is -0.650. The van der Waals surface area contributed by atoms with Gasteiger partial charge in [-0.25, -0.2) is 4.98 Å². The second-order valence-corrected chi connectivity index (χ2v) is 5.22. The molecule has 0 radical (unpaired) electrons. The van der Waals surface area contributed by atoms with E-state index in [-0.39, 0.29) is 6.61 Å². The Morgan fingerprint density at radius 3 is 2.94 bits per heavy atom. The SMILES string of the molecule is CCc1csc(N2CCCN(CCO)CC2)n1. The molecule has 0 spiro atoms. The number of hydrogen-bond donors (Lipinski definition) is 1. The second kappa shape index (κ2) is 6.33. The van der Waals surface area contributed by atoms with Gasteiger partial charge in [0.15, 0.2) is 5.13 Å². The van der Waals surface area contributed by atoms with E-state index in [0.29, 0.717) is 0 Å². The highest BCUT2D eigenvalue weighted by Crippen LogP contribution is 2.22. The van der Waals surface area contributed by atoms with Gasteiger partial charge in [-0.2, -0.15) is 0 Å². The Morgan fingerprint density at radius 2 is 2.24 bits per heavy atom. The molecular formula is C12H21N3OS. The van der Waals surface area contributed by atoms with Crippen LogP contribution in [0.25, 0.3) is 0 Å². The highest BCUT2D eigenvalue weighted by molar-refractivity contribution is 7.13. The minimum absolute atomic E-state index is 0.261. The van der Waals surface area contributed by atoms with Crippen molar-refractivity contribution < 1.29 is 5.11 Å². The van der Waals surface area contributed by atoms with E-state index in [9.17, 15) is 0 Å². The smallest absolute Gasteiger partial charge is 0.185 e. The first-order valence-corrected chi connectivity index (χ1v) is 7.24. The molecule has 1 saturated heterocycles. The number of aliphatic hydroxyl groups excluding tert-OH is 1. The van der Waals surface area contributed by atoms with Gasteiger partial charge < -0.3 is 10.0 Å². The maximum atomic E-state index is 8.96. The number of anilines is 1. The van der Waals surface area contributed by atoms with Gasteiger partial charge in [0.05, 0.1) is 12.3 Å². The van der Waals surface area contributed by atoms with Crippen molar-refractivity contribution in [1.29, 1.82) is 0 Å². The summed E-state index contributed by atoms with van der Waals surface area (Å²) in [5.74, 6) is 0. The Labute approximate surface area is 107 Å². The molecular weight excluding hydrogens is 234 g/mol. The highest BCUT2D eigenvalue weighted by Gasteiger charge is 2.16. The summed E-state index contributed by atoms with van der Waals surface area (Å²) < 4.78 is 0. The van der Waals surface area contributed by atoms with Gasteiger partial charge >= 0.3 is 0 Å². The minimum atomic E-state index is 0.261. The number of aryl methyl sites for hydroxylation is 1. The fraction of sp³-hybridized carbons (Fsp3) is 0.750. The van der Waals surface area contributed by atoms with Gasteiger partial charge in [0.1, 0.15) is 0 Å². The third-order valence-electron chi connectivity index (χ3n) is 3.18. The predicted molar refractivity (Wildman–Crippen MR) is 71.8 cm³/mol. The molecule has 17 heavy (non-hydrogen) atoms. The number of hydrogen-bond acceptors (Lipinski definition) is 5. The summed E-state index contributed by atoms with van der Waals surface area (Å²) in [4.78, 5) is 9.35. The van der Waals surface area contributed by atoms with Crippen LogP contribution in [0.4, 0.5) is 5.13 Å². The van der Waals surface area contributed by atoms with E-state index in [2.05, 4.69) is 27.1 Å². The van der Waals surface area contributed by atoms with E-state index in [0.717, 1.165) is 50.7 Å². The number of aromatic nitrogens is 1. The fourth-order valence-electron chi connectivity index (χ4n) is 2.13. The molecule has 0 amide bonds. The van der Waals surface area contributed by atoms with Gasteiger partial charge in [-0.15, -0.1) is 11.3 Å². The maximum Gasteiger partial charge on any atom is 0.185 e. The molecule has 1 N–H and O–H groups in total. The Morgan fingerprint density at radius 1 is 1.35 bits per heavy atom. The van der Waals surface area contributed by atoms with Crippen LogP contribution in [0.2, 0.25) is 0 Å². The molecule has 1 aromatic rings. The van der Waals surface area contributed by atoms with Crippen molar-refractivity contribution in [2.75, 3.05) is 44.2 Å². The summed E-state index contributed by atoms with van der Waals surface area (Å²) in [7, 11) is 0. The third kappa shape index (κ3) is 3.40. The van der Waals surface area contributed by atoms with Gasteiger partial charge in [0.2, 0.25) is 0 Å². The third-order valence-corrected chi connectivity index (χ3v) is 4.13. The van der Waals surface area contributed by atoms with E-state index >= 15 is 0 Å². The van der Waals surface area contributed by atoms with Gasteiger partial charge in [0.25, 0.3) is 0 Å². The lowest BCUT2D eigenvalue weighted by molar-refractivity contribution is 0.204. The van der Waals surface area contributed by atoms with Crippen LogP contribution >= 0.6 is 11.3 Å². The molecule has 0 aliphatic carbocycles. The van der Waals surface area contributed by atoms with E-state index in [4.69, 9.17) is 5.11 Å². The largest absolute Gasteiger partial charge is 0.395 e. The van der Waals surface area contributed by atoms with Crippen LogP contribution in [0.5, 0.6) is 0 Å². The molecule has 5 heteroatoms. The summed E-state index contributed by atoms with van der Waals surface area (Å²) in [6.45, 7) is 7.42. The van der Waals surface area contributed by atoms with Crippen molar-refractivity contribution in [2.45, 2.75) is 19.8 Å². The molecule has 96 valence electrons. The summed E-state index contributed by atoms with van der Waals surface area (Å²) in [5, 5.41) is 12.3. The molecule has 0 aromatic carbocycles. The first kappa shape index (κ1) is 12.8. The van der Waals surface area contributed by atoms with E-state index in [1.165, 1.54) is 5.69 Å². The lowest BCUT2D eigenvalue weighted by Gasteiger charge is -2.20. The molecule has 0 saturated carbocycles. The average Bonchev–Trinajstić information content (AvgIpc) is 2.70.